The van der Waals surface area contributed by atoms with Crippen molar-refractivity contribution in [3.8, 4) is 0 Å². The topological polar surface area (TPSA) is 268 Å². The number of likely N-dealkylation sites (N-methyl/N-ethyl adjacent to an activating group) is 2. The molecule has 0 aromatic rings. The fourth-order valence-electron chi connectivity index (χ4n) is 4.93. The molecule has 0 rings (SSSR count). The van der Waals surface area contributed by atoms with E-state index in [1.165, 1.54) is 13.8 Å². The van der Waals surface area contributed by atoms with Crippen molar-refractivity contribution < 1.29 is 213 Å². The van der Waals surface area contributed by atoms with Gasteiger partial charge in [0.25, 0.3) is 7.82 Å². The number of nitrogens with zero attached hydrogens (tertiary/aromatic N) is 2. The summed E-state index contributed by atoms with van der Waals surface area (Å²) in [4.78, 5) is 45.3. The van der Waals surface area contributed by atoms with Gasteiger partial charge < -0.3 is 79.3 Å². The molecule has 2 unspecified atom stereocenters. The van der Waals surface area contributed by atoms with E-state index in [1.54, 1.807) is 28.2 Å². The smallest absolute Gasteiger partial charge is 0.472 e. The van der Waals surface area contributed by atoms with Crippen LogP contribution in [0.5, 0.6) is 0 Å². The predicted octanol–water partition coefficient (Wildman–Crippen LogP) is 13.5. The molecule has 102 heavy (non-hydrogen) atoms. The quantitative estimate of drug-likeness (QED) is 0.0113. The molecule has 0 radical (unpaired) electrons. The summed E-state index contributed by atoms with van der Waals surface area (Å²) < 4.78 is 334. The average Bonchev–Trinajstić information content (AvgIpc) is 0.888. The van der Waals surface area contributed by atoms with Crippen molar-refractivity contribution in [2.45, 2.75) is 83.6 Å². The number of phosphoric acid groups is 2. The van der Waals surface area contributed by atoms with Gasteiger partial charge in [-0.1, -0.05) is 19.6 Å². The van der Waals surface area contributed by atoms with Gasteiger partial charge in [-0.05, 0) is 69.5 Å². The lowest BCUT2D eigenvalue weighted by atomic mass is 10.4. The van der Waals surface area contributed by atoms with E-state index >= 15 is 0 Å². The fraction of sp³-hybridized carbons (Fsp3) is 0.882. The van der Waals surface area contributed by atoms with Gasteiger partial charge in [0.15, 0.2) is 133 Å². The first-order valence-electron chi connectivity index (χ1n) is 28.4. The van der Waals surface area contributed by atoms with E-state index in [9.17, 15) is 125 Å². The van der Waals surface area contributed by atoms with Crippen molar-refractivity contribution in [2.24, 2.45) is 0 Å². The Morgan fingerprint density at radius 1 is 0.431 bits per heavy atom. The molecule has 0 bridgehead atoms. The number of halogens is 22. The van der Waals surface area contributed by atoms with Gasteiger partial charge >= 0.3 is 32.0 Å². The number of carbonyl (C=O) groups excluding carboxylic acids is 2. The Morgan fingerprint density at radius 2 is 0.725 bits per heavy atom. The SMILES string of the molecule is C=C(C)C(=O)OCC[N+](C)(C)CCOP(=O)(O)OCC(F)(F)OF.C=C(C)C(=O)OCC[N+](C)(C)CCOP(=O)([O-])OCC(F)(F)OCF.C[Si](C)(CCCF)O[Si](C)(C)CCCCOCF.FCOCF.FCOCF.FCOCF.FCOCF.FCOCF.FCOCF.FCOCF. The summed E-state index contributed by atoms with van der Waals surface area (Å²) in [7, 11) is -6.24. The lowest BCUT2D eigenvalue weighted by Crippen LogP contribution is -2.45. The summed E-state index contributed by atoms with van der Waals surface area (Å²) in [6.45, 7) is -0.907. The second-order valence-corrected chi connectivity index (χ2v) is 31.9. The van der Waals surface area contributed by atoms with Gasteiger partial charge in [-0.25, -0.2) is 84.4 Å². The van der Waals surface area contributed by atoms with Crippen molar-refractivity contribution in [3.05, 3.63) is 24.3 Å². The van der Waals surface area contributed by atoms with E-state index in [4.69, 9.17) is 13.6 Å². The van der Waals surface area contributed by atoms with Gasteiger partial charge in [-0.3, -0.25) is 22.7 Å². The molecular formula is C51H101F22N2O23P2Si2+. The van der Waals surface area contributed by atoms with Crippen molar-refractivity contribution in [1.82, 2.24) is 0 Å². The van der Waals surface area contributed by atoms with Gasteiger partial charge in [0.2, 0.25) is 0 Å². The summed E-state index contributed by atoms with van der Waals surface area (Å²) in [5, 5.41) is 0. The molecule has 1 N–H and O–H groups in total. The van der Waals surface area contributed by atoms with E-state index in [2.05, 4.69) is 105 Å². The molecule has 0 amide bonds. The predicted molar refractivity (Wildman–Crippen MR) is 324 cm³/mol. The molecule has 0 aromatic heterocycles. The third kappa shape index (κ3) is 113. The summed E-state index contributed by atoms with van der Waals surface area (Å²) in [5.74, 6) is -1.07. The van der Waals surface area contributed by atoms with E-state index in [-0.39, 0.29) is 66.3 Å². The molecule has 0 spiro atoms. The van der Waals surface area contributed by atoms with Crippen molar-refractivity contribution in [2.75, 3.05) is 217 Å². The molecule has 0 aliphatic heterocycles. The minimum Gasteiger partial charge on any atom is -0.756 e. The number of hydrogen-bond donors (Lipinski definition) is 1. The van der Waals surface area contributed by atoms with Gasteiger partial charge in [0, 0.05) is 17.8 Å². The molecule has 51 heteroatoms. The van der Waals surface area contributed by atoms with Gasteiger partial charge in [0.05, 0.1) is 34.9 Å². The van der Waals surface area contributed by atoms with Gasteiger partial charge in [-0.15, -0.1) is 4.94 Å². The maximum Gasteiger partial charge on any atom is 0.472 e. The van der Waals surface area contributed by atoms with Crippen LogP contribution < -0.4 is 4.89 Å². The third-order valence-corrected chi connectivity index (χ3v) is 19.0. The molecule has 0 aliphatic carbocycles. The van der Waals surface area contributed by atoms with Crippen LogP contribution in [0.25, 0.3) is 0 Å². The van der Waals surface area contributed by atoms with Crippen LogP contribution in [-0.4, -0.2) is 272 Å². The number of alkyl halides is 21. The Kier molecular flexibility index (Phi) is 94.8. The van der Waals surface area contributed by atoms with Crippen LogP contribution >= 0.6 is 15.6 Å². The Balaban J connectivity index is -0.000000126. The summed E-state index contributed by atoms with van der Waals surface area (Å²) in [6.07, 6.45) is -5.90. The Labute approximate surface area is 581 Å². The fourth-order valence-corrected chi connectivity index (χ4v) is 15.2. The highest BCUT2D eigenvalue weighted by molar-refractivity contribution is 7.47. The number of rotatable bonds is 50. The molecule has 0 saturated heterocycles. The van der Waals surface area contributed by atoms with Gasteiger partial charge in [0.1, 0.15) is 59.2 Å². The lowest BCUT2D eigenvalue weighted by molar-refractivity contribution is -0.890. The maximum atomic E-state index is 12.8. The van der Waals surface area contributed by atoms with Crippen LogP contribution in [0.15, 0.2) is 24.3 Å². The normalized spacial score (nSPS) is 12.3. The highest BCUT2D eigenvalue weighted by atomic mass is 31.2. The number of unbranched alkanes of at least 4 members (excludes halogenated alkanes) is 1. The first-order valence-corrected chi connectivity index (χ1v) is 37.6. The zero-order valence-electron chi connectivity index (χ0n) is 58.3. The summed E-state index contributed by atoms with van der Waals surface area (Å²) >= 11 is 0. The Morgan fingerprint density at radius 3 is 1.00 bits per heavy atom. The highest BCUT2D eigenvalue weighted by Crippen LogP contribution is 2.44. The van der Waals surface area contributed by atoms with Crippen LogP contribution in [0.4, 0.5) is 96.7 Å². The van der Waals surface area contributed by atoms with E-state index in [0.29, 0.717) is 26.1 Å². The Bertz CT molecular complexity index is 1880. The van der Waals surface area contributed by atoms with Gasteiger partial charge in [-0.2, -0.15) is 17.6 Å². The molecule has 0 fully saturated rings. The number of phosphoric ester groups is 2. The van der Waals surface area contributed by atoms with Crippen LogP contribution in [0.2, 0.25) is 38.3 Å². The summed E-state index contributed by atoms with van der Waals surface area (Å²) in [5.41, 5.74) is 0.516. The van der Waals surface area contributed by atoms with Crippen LogP contribution in [0.3, 0.4) is 0 Å². The molecule has 2 atom stereocenters. The second-order valence-electron chi connectivity index (χ2n) is 20.2. The largest absolute Gasteiger partial charge is 0.756 e. The van der Waals surface area contributed by atoms with Crippen molar-refractivity contribution in [1.29, 1.82) is 0 Å². The lowest BCUT2D eigenvalue weighted by Gasteiger charge is -2.34. The minimum atomic E-state index is -4.99. The number of quaternary nitrogens is 2. The molecule has 624 valence electrons. The van der Waals surface area contributed by atoms with E-state index in [0.717, 1.165) is 24.9 Å². The standard InChI is InChI=1S/C13H23F3NO7P.C12H21F3NO7P.C12H28F2O2Si2.7C2H4F2O/c1-11(2)12(18)21-7-5-17(3,4)6-8-23-25(19,20)24-9-13(15,16)22-10-14;1-10(2)11(17)20-7-5-16(3,4)6-8-21-24(18,19)22-9-12(13,14)23-15;1-17(2,10-6-5-9-15-12-14)16-18(3,4)11-7-8-13;7*3-1-5-2-4/h1,5-10H2,2-4H3;1,5-9H2,2-4H3;5-12H2,1-4H3;7*1-2H2/p+1. The maximum absolute atomic E-state index is 12.8. The third-order valence-electron chi connectivity index (χ3n) is 9.56. The van der Waals surface area contributed by atoms with E-state index < -0.39 is 179 Å². The molecule has 0 saturated carbocycles. The second kappa shape index (κ2) is 80.6. The molecule has 0 heterocycles. The van der Waals surface area contributed by atoms with Crippen LogP contribution in [0, 0.1) is 0 Å². The first kappa shape index (κ1) is 120. The zero-order chi connectivity index (χ0) is 81.7. The zero-order valence-corrected chi connectivity index (χ0v) is 62.1. The van der Waals surface area contributed by atoms with Crippen LogP contribution in [0.1, 0.15) is 33.1 Å². The number of ether oxygens (including phenoxy) is 11. The number of esters is 2. The minimum absolute atomic E-state index is 0.0804. The number of carbonyl (C=O) groups is 2. The van der Waals surface area contributed by atoms with Crippen molar-refractivity contribution in [3.63, 3.8) is 0 Å². The first-order chi connectivity index (χ1) is 47.3. The molecule has 0 aromatic carbocycles. The highest BCUT2D eigenvalue weighted by Gasteiger charge is 2.37. The average molecular weight is 1650 g/mol. The van der Waals surface area contributed by atoms with Crippen molar-refractivity contribution >= 4 is 44.2 Å². The molecular weight excluding hydrogens is 1540 g/mol. The molecule has 0 aliphatic rings. The summed E-state index contributed by atoms with van der Waals surface area (Å²) in [6, 6.07) is 1.96. The number of hydrogen-bond acceptors (Lipinski definition) is 22. The Hall–Kier alpha value is -2.99. The van der Waals surface area contributed by atoms with E-state index in [1.807, 2.05) is 0 Å². The molecule has 25 nitrogen and oxygen atoms in total. The monoisotopic (exact) mass is 1650 g/mol. The van der Waals surface area contributed by atoms with Crippen LogP contribution in [-0.2, 0) is 98.0 Å².